The number of hydrogen-bond donors (Lipinski definition) is 0. The normalized spacial score (nSPS) is 18.9. The fourth-order valence-electron chi connectivity index (χ4n) is 1.61. The van der Waals surface area contributed by atoms with Crippen LogP contribution in [-0.2, 0) is 10.1 Å². The van der Waals surface area contributed by atoms with Crippen molar-refractivity contribution in [1.29, 1.82) is 0 Å². The van der Waals surface area contributed by atoms with Crippen LogP contribution in [-0.4, -0.2) is 73.0 Å². The van der Waals surface area contributed by atoms with E-state index in [2.05, 4.69) is 0 Å². The van der Waals surface area contributed by atoms with E-state index in [0.29, 0.717) is 0 Å². The summed E-state index contributed by atoms with van der Waals surface area (Å²) in [7, 11) is -7.31. The first-order valence-electron chi connectivity index (χ1n) is 6.51. The van der Waals surface area contributed by atoms with Crippen molar-refractivity contribution in [3.8, 4) is 0 Å². The zero-order valence-corrected chi connectivity index (χ0v) is 18.0. The predicted molar refractivity (Wildman–Crippen MR) is 60.0 cm³/mol. The third-order valence-corrected chi connectivity index (χ3v) is 4.14. The summed E-state index contributed by atoms with van der Waals surface area (Å²) in [6.45, 7) is 0. The van der Waals surface area contributed by atoms with E-state index in [1.807, 2.05) is 0 Å². The molecule has 0 N–H and O–H groups in total. The fraction of sp³-hybridized carbons (Fsp3) is 1.00. The molecule has 0 radical (unpaired) electrons. The van der Waals surface area contributed by atoms with Crippen LogP contribution >= 0.6 is 0 Å². The van der Waals surface area contributed by atoms with Crippen molar-refractivity contribution in [2.45, 2.75) is 60.1 Å². The van der Waals surface area contributed by atoms with Gasteiger partial charge in [0.25, 0.3) is 11.9 Å². The molecule has 0 bridgehead atoms. The second-order valence-electron chi connectivity index (χ2n) is 5.40. The Hall–Kier alpha value is 0.426. The van der Waals surface area contributed by atoms with Crippen LogP contribution in [0.4, 0.5) is 70.2 Å². The SMILES string of the molecule is O=S(=O)([O-])C(F)C(F)(F)C(F)(F)C(F)(F)C(F)(F)C(F)(F)C(F)C(F)C(F)C(F)F.[K+]. The van der Waals surface area contributed by atoms with Crippen LogP contribution in [0.2, 0.25) is 0 Å². The number of rotatable bonds is 10. The third-order valence-electron chi connectivity index (χ3n) is 3.34. The summed E-state index contributed by atoms with van der Waals surface area (Å²) in [5.74, 6) is -40.1. The Morgan fingerprint density at radius 3 is 1.19 bits per heavy atom. The molecule has 0 aliphatic carbocycles. The molecule has 3 nitrogen and oxygen atoms in total. The van der Waals surface area contributed by atoms with Crippen molar-refractivity contribution in [3.05, 3.63) is 0 Å². The maximum Gasteiger partial charge on any atom is 1.00 e. The molecule has 0 aromatic heterocycles. The quantitative estimate of drug-likeness (QED) is 0.235. The molecule has 0 fully saturated rings. The summed E-state index contributed by atoms with van der Waals surface area (Å²) < 4.78 is 237. The van der Waals surface area contributed by atoms with Crippen molar-refractivity contribution < 1.29 is 135 Å². The molecule has 0 saturated carbocycles. The minimum atomic E-state index is -8.37. The molecule has 0 spiro atoms. The van der Waals surface area contributed by atoms with Crippen LogP contribution in [0.5, 0.6) is 0 Å². The second-order valence-corrected chi connectivity index (χ2v) is 6.80. The first kappa shape index (κ1) is 33.6. The Bertz CT molecular complexity index is 712. The summed E-state index contributed by atoms with van der Waals surface area (Å²) in [5.41, 5.74) is -5.93. The molecule has 0 saturated heterocycles. The maximum atomic E-state index is 13.3. The average molecular weight is 548 g/mol. The second kappa shape index (κ2) is 9.96. The van der Waals surface area contributed by atoms with Crippen LogP contribution in [0, 0.1) is 0 Å². The van der Waals surface area contributed by atoms with E-state index < -0.39 is 70.2 Å². The molecule has 4 atom stereocenters. The number of halogens is 16. The smallest absolute Gasteiger partial charge is 0.746 e. The predicted octanol–water partition coefficient (Wildman–Crippen LogP) is 1.29. The zero-order chi connectivity index (χ0) is 24.9. The first-order valence-corrected chi connectivity index (χ1v) is 7.98. The zero-order valence-electron chi connectivity index (χ0n) is 14.1. The minimum Gasteiger partial charge on any atom is -0.746 e. The van der Waals surface area contributed by atoms with E-state index in [-0.39, 0.29) is 51.4 Å². The van der Waals surface area contributed by atoms with Gasteiger partial charge in [0, 0.05) is 0 Å². The van der Waals surface area contributed by atoms with Crippen molar-refractivity contribution in [3.63, 3.8) is 0 Å². The Morgan fingerprint density at radius 2 is 0.903 bits per heavy atom. The molecular formula is C10H5F16KO3S. The van der Waals surface area contributed by atoms with E-state index in [1.165, 1.54) is 0 Å². The van der Waals surface area contributed by atoms with Gasteiger partial charge in [-0.3, -0.25) is 0 Å². The average Bonchev–Trinajstić information content (AvgIpc) is 2.57. The van der Waals surface area contributed by atoms with Crippen LogP contribution in [0.3, 0.4) is 0 Å². The molecule has 0 aromatic carbocycles. The van der Waals surface area contributed by atoms with Gasteiger partial charge in [-0.2, -0.15) is 43.9 Å². The van der Waals surface area contributed by atoms with Crippen molar-refractivity contribution in [2.75, 3.05) is 0 Å². The molecule has 0 aromatic rings. The summed E-state index contributed by atoms with van der Waals surface area (Å²) in [4.78, 5) is 0. The Balaban J connectivity index is 0. The molecule has 0 amide bonds. The van der Waals surface area contributed by atoms with Gasteiger partial charge in [0.2, 0.25) is 6.17 Å². The van der Waals surface area contributed by atoms with Crippen LogP contribution in [0.15, 0.2) is 0 Å². The summed E-state index contributed by atoms with van der Waals surface area (Å²) in [6, 6.07) is 0. The molecule has 0 heterocycles. The number of alkyl halides is 16. The molecule has 0 aliphatic heterocycles. The molecule has 0 aliphatic rings. The largest absolute Gasteiger partial charge is 1.00 e. The van der Waals surface area contributed by atoms with E-state index >= 15 is 0 Å². The van der Waals surface area contributed by atoms with Crippen molar-refractivity contribution in [1.82, 2.24) is 0 Å². The minimum absolute atomic E-state index is 0. The van der Waals surface area contributed by atoms with Crippen LogP contribution in [0.25, 0.3) is 0 Å². The number of hydrogen-bond acceptors (Lipinski definition) is 3. The third kappa shape index (κ3) is 5.57. The Labute approximate surface area is 203 Å². The van der Waals surface area contributed by atoms with Gasteiger partial charge in [-0.05, 0) is 0 Å². The Kier molecular flexibility index (Phi) is 10.8. The van der Waals surface area contributed by atoms with E-state index in [4.69, 9.17) is 0 Å². The monoisotopic (exact) mass is 548 g/mol. The molecular weight excluding hydrogens is 543 g/mol. The van der Waals surface area contributed by atoms with Gasteiger partial charge in [-0.15, -0.1) is 0 Å². The molecule has 4 unspecified atom stereocenters. The van der Waals surface area contributed by atoms with Gasteiger partial charge >= 0.3 is 81.0 Å². The van der Waals surface area contributed by atoms with E-state index in [9.17, 15) is 83.2 Å². The molecule has 0 rings (SSSR count). The maximum absolute atomic E-state index is 13.3. The summed E-state index contributed by atoms with van der Waals surface area (Å²) >= 11 is 0. The first-order chi connectivity index (χ1) is 12.8. The summed E-state index contributed by atoms with van der Waals surface area (Å²) in [5, 5.41) is 0. The van der Waals surface area contributed by atoms with Crippen LogP contribution < -0.4 is 51.4 Å². The van der Waals surface area contributed by atoms with Gasteiger partial charge in [-0.1, -0.05) is 0 Å². The van der Waals surface area contributed by atoms with Crippen LogP contribution in [0.1, 0.15) is 0 Å². The molecule has 182 valence electrons. The van der Waals surface area contributed by atoms with Gasteiger partial charge in [0.05, 0.1) is 0 Å². The Morgan fingerprint density at radius 1 is 0.581 bits per heavy atom. The topological polar surface area (TPSA) is 57.2 Å². The van der Waals surface area contributed by atoms with Crippen molar-refractivity contribution >= 4 is 10.1 Å². The van der Waals surface area contributed by atoms with E-state index in [1.54, 1.807) is 0 Å². The molecule has 31 heavy (non-hydrogen) atoms. The van der Waals surface area contributed by atoms with Gasteiger partial charge in [-0.25, -0.2) is 34.8 Å². The summed E-state index contributed by atoms with van der Waals surface area (Å²) in [6.07, 6.45) is -20.3. The fourth-order valence-corrected chi connectivity index (χ4v) is 2.12. The van der Waals surface area contributed by atoms with Gasteiger partial charge < -0.3 is 4.55 Å². The standard InChI is InChI=1S/C10H6F16O3S.K/c11-1(2(12)4(14)15)3(13)6(17,18)8(21,22)10(25,26)9(23,24)7(19,20)5(16)30(27,28)29;/h1-5H,(H,27,28,29);/q;+1/p-1. The van der Waals surface area contributed by atoms with E-state index in [0.717, 1.165) is 0 Å². The molecule has 21 heteroatoms. The van der Waals surface area contributed by atoms with Gasteiger partial charge in [0.1, 0.15) is 10.1 Å². The van der Waals surface area contributed by atoms with Gasteiger partial charge in [0.15, 0.2) is 12.3 Å². The van der Waals surface area contributed by atoms with Crippen molar-refractivity contribution in [2.24, 2.45) is 0 Å².